The zero-order chi connectivity index (χ0) is 14.0. The van der Waals surface area contributed by atoms with E-state index in [-0.39, 0.29) is 11.2 Å². The van der Waals surface area contributed by atoms with Gasteiger partial charge in [0.05, 0.1) is 12.5 Å². The van der Waals surface area contributed by atoms with Crippen molar-refractivity contribution in [2.24, 2.45) is 5.92 Å². The second kappa shape index (κ2) is 5.78. The number of halogens is 2. The molecule has 1 saturated heterocycles. The van der Waals surface area contributed by atoms with Gasteiger partial charge >= 0.3 is 0 Å². The molecule has 0 saturated carbocycles. The minimum absolute atomic E-state index is 0.121. The average molecular weight is 325 g/mol. The van der Waals surface area contributed by atoms with Crippen molar-refractivity contribution in [2.75, 3.05) is 31.2 Å². The summed E-state index contributed by atoms with van der Waals surface area (Å²) in [5, 5.41) is 3.59. The maximum absolute atomic E-state index is 11.4. The molecule has 1 aliphatic heterocycles. The van der Waals surface area contributed by atoms with Crippen molar-refractivity contribution in [1.29, 1.82) is 0 Å². The molecule has 0 spiro atoms. The molecular weight excluding hydrogens is 311 g/mol. The summed E-state index contributed by atoms with van der Waals surface area (Å²) in [6.45, 7) is 1.67. The minimum Gasteiger partial charge on any atom is -0.368 e. The Morgan fingerprint density at radius 2 is 2.26 bits per heavy atom. The fourth-order valence-corrected chi connectivity index (χ4v) is 3.19. The van der Waals surface area contributed by atoms with Crippen molar-refractivity contribution in [2.45, 2.75) is 6.42 Å². The third-order valence-corrected chi connectivity index (χ3v) is 4.72. The highest BCUT2D eigenvalue weighted by Gasteiger charge is 2.28. The van der Waals surface area contributed by atoms with Crippen molar-refractivity contribution >= 4 is 39.0 Å². The van der Waals surface area contributed by atoms with E-state index in [4.69, 9.17) is 23.2 Å². The van der Waals surface area contributed by atoms with Crippen molar-refractivity contribution in [3.8, 4) is 0 Å². The molecule has 0 bridgehead atoms. The van der Waals surface area contributed by atoms with Crippen LogP contribution in [0.25, 0.3) is 0 Å². The molecule has 0 unspecified atom stereocenters. The molecule has 19 heavy (non-hydrogen) atoms. The first-order chi connectivity index (χ1) is 8.86. The van der Waals surface area contributed by atoms with Crippen molar-refractivity contribution in [3.63, 3.8) is 0 Å². The van der Waals surface area contributed by atoms with Crippen molar-refractivity contribution in [1.82, 2.24) is 14.3 Å². The quantitative estimate of drug-likeness (QED) is 0.849. The second-order valence-corrected chi connectivity index (χ2v) is 7.22. The summed E-state index contributed by atoms with van der Waals surface area (Å²) in [7, 11) is -3.10. The highest BCUT2D eigenvalue weighted by atomic mass is 35.5. The Labute approximate surface area is 122 Å². The summed E-state index contributed by atoms with van der Waals surface area (Å²) in [5.41, 5.74) is 0. The van der Waals surface area contributed by atoms with Gasteiger partial charge in [0.25, 0.3) is 0 Å². The molecule has 1 fully saturated rings. The maximum Gasteiger partial charge on any atom is 0.224 e. The van der Waals surface area contributed by atoms with E-state index >= 15 is 0 Å². The summed E-state index contributed by atoms with van der Waals surface area (Å²) in [6, 6.07) is 0. The first-order valence-electron chi connectivity index (χ1n) is 5.73. The summed E-state index contributed by atoms with van der Waals surface area (Å²) in [6.07, 6.45) is 3.47. The first kappa shape index (κ1) is 14.8. The smallest absolute Gasteiger partial charge is 0.224 e. The van der Waals surface area contributed by atoms with E-state index in [9.17, 15) is 8.42 Å². The number of nitrogens with one attached hydrogen (secondary N) is 1. The third kappa shape index (κ3) is 3.92. The van der Waals surface area contributed by atoms with Crippen LogP contribution in [0.3, 0.4) is 0 Å². The topological polar surface area (TPSA) is 75.2 Å². The summed E-state index contributed by atoms with van der Waals surface area (Å²) < 4.78 is 24.3. The molecular formula is C10H14Cl2N4O2S. The Balaban J connectivity index is 1.92. The van der Waals surface area contributed by atoms with Crippen LogP contribution in [0, 0.1) is 5.92 Å². The van der Waals surface area contributed by atoms with Crippen LogP contribution in [-0.2, 0) is 10.0 Å². The molecule has 1 atom stereocenters. The van der Waals surface area contributed by atoms with Crippen molar-refractivity contribution in [3.05, 3.63) is 16.5 Å². The lowest BCUT2D eigenvalue weighted by Gasteiger charge is -2.14. The van der Waals surface area contributed by atoms with E-state index < -0.39 is 10.0 Å². The van der Waals surface area contributed by atoms with Gasteiger partial charge in [-0.1, -0.05) is 11.6 Å². The van der Waals surface area contributed by atoms with Crippen LogP contribution >= 0.6 is 23.2 Å². The van der Waals surface area contributed by atoms with Gasteiger partial charge in [-0.25, -0.2) is 17.7 Å². The van der Waals surface area contributed by atoms with Gasteiger partial charge in [-0.3, -0.25) is 0 Å². The fourth-order valence-electron chi connectivity index (χ4n) is 1.98. The normalized spacial score (nSPS) is 20.7. The van der Waals surface area contributed by atoms with Crippen molar-refractivity contribution < 1.29 is 8.42 Å². The zero-order valence-electron chi connectivity index (χ0n) is 10.3. The third-order valence-electron chi connectivity index (χ3n) is 2.99. The lowest BCUT2D eigenvalue weighted by Crippen LogP contribution is -2.28. The lowest BCUT2D eigenvalue weighted by atomic mass is 10.1. The van der Waals surface area contributed by atoms with Crippen LogP contribution in [0.4, 0.5) is 5.82 Å². The molecule has 0 aromatic carbocycles. The highest BCUT2D eigenvalue weighted by molar-refractivity contribution is 7.88. The molecule has 106 valence electrons. The van der Waals surface area contributed by atoms with E-state index in [2.05, 4.69) is 15.3 Å². The van der Waals surface area contributed by atoms with Gasteiger partial charge in [-0.05, 0) is 23.9 Å². The number of nitrogens with zero attached hydrogens (tertiary/aromatic N) is 3. The molecule has 1 aromatic heterocycles. The maximum atomic E-state index is 11.4. The molecule has 0 amide bonds. The number of aromatic nitrogens is 2. The van der Waals surface area contributed by atoms with Gasteiger partial charge in [0.1, 0.15) is 10.8 Å². The molecule has 0 radical (unpaired) electrons. The Morgan fingerprint density at radius 1 is 1.53 bits per heavy atom. The van der Waals surface area contributed by atoms with E-state index in [1.807, 2.05) is 0 Å². The highest BCUT2D eigenvalue weighted by Crippen LogP contribution is 2.22. The molecule has 6 nitrogen and oxygen atoms in total. The first-order valence-corrected chi connectivity index (χ1v) is 8.33. The van der Waals surface area contributed by atoms with Gasteiger partial charge in [0.2, 0.25) is 15.3 Å². The molecule has 2 heterocycles. The van der Waals surface area contributed by atoms with Gasteiger partial charge in [0, 0.05) is 19.6 Å². The molecule has 1 N–H and O–H groups in total. The van der Waals surface area contributed by atoms with Crippen LogP contribution in [0.1, 0.15) is 6.42 Å². The molecule has 0 aliphatic carbocycles. The predicted octanol–water partition coefficient (Wildman–Crippen LogP) is 1.48. The van der Waals surface area contributed by atoms with E-state index in [0.717, 1.165) is 6.42 Å². The fraction of sp³-hybridized carbons (Fsp3) is 0.600. The van der Waals surface area contributed by atoms with Crippen LogP contribution in [0.5, 0.6) is 0 Å². The number of rotatable bonds is 4. The van der Waals surface area contributed by atoms with Crippen LogP contribution in [0.2, 0.25) is 10.3 Å². The number of sulfonamides is 1. The van der Waals surface area contributed by atoms with Crippen LogP contribution in [0.15, 0.2) is 6.20 Å². The summed E-state index contributed by atoms with van der Waals surface area (Å²) in [4.78, 5) is 7.74. The lowest BCUT2D eigenvalue weighted by molar-refractivity contribution is 0.466. The van der Waals surface area contributed by atoms with Gasteiger partial charge in [0.15, 0.2) is 0 Å². The van der Waals surface area contributed by atoms with E-state index in [0.29, 0.717) is 30.5 Å². The Hall–Kier alpha value is -0.630. The SMILES string of the molecule is CS(=O)(=O)N1CC[C@H](CNc2nc(Cl)ncc2Cl)C1. The number of hydrogen-bond acceptors (Lipinski definition) is 5. The van der Waals surface area contributed by atoms with Crippen LogP contribution in [-0.4, -0.2) is 48.6 Å². The van der Waals surface area contributed by atoms with Gasteiger partial charge < -0.3 is 5.32 Å². The molecule has 1 aliphatic rings. The Kier molecular flexibility index (Phi) is 4.50. The van der Waals surface area contributed by atoms with Gasteiger partial charge in [-0.2, -0.15) is 4.98 Å². The van der Waals surface area contributed by atoms with Crippen LogP contribution < -0.4 is 5.32 Å². The average Bonchev–Trinajstić information content (AvgIpc) is 2.79. The zero-order valence-corrected chi connectivity index (χ0v) is 12.6. The Morgan fingerprint density at radius 3 is 2.89 bits per heavy atom. The molecule has 2 rings (SSSR count). The van der Waals surface area contributed by atoms with Gasteiger partial charge in [-0.15, -0.1) is 0 Å². The molecule has 1 aromatic rings. The largest absolute Gasteiger partial charge is 0.368 e. The van der Waals surface area contributed by atoms with E-state index in [1.54, 1.807) is 0 Å². The Bertz CT molecular complexity index is 567. The summed E-state index contributed by atoms with van der Waals surface area (Å²) in [5.74, 6) is 0.707. The minimum atomic E-state index is -3.10. The monoisotopic (exact) mass is 324 g/mol. The number of anilines is 1. The standard InChI is InChI=1S/C10H14Cl2N4O2S/c1-19(17,18)16-3-2-7(6-16)4-13-9-8(11)5-14-10(12)15-9/h5,7H,2-4,6H2,1H3,(H,13,14,15)/t7-/m1/s1. The van der Waals surface area contributed by atoms with E-state index in [1.165, 1.54) is 16.8 Å². The molecule has 9 heteroatoms. The number of hydrogen-bond donors (Lipinski definition) is 1. The predicted molar refractivity (Wildman–Crippen MR) is 75.1 cm³/mol. The second-order valence-electron chi connectivity index (χ2n) is 4.49. The summed E-state index contributed by atoms with van der Waals surface area (Å²) >= 11 is 11.6.